The van der Waals surface area contributed by atoms with Gasteiger partial charge in [-0.1, -0.05) is 26.2 Å². The average Bonchev–Trinajstić information content (AvgIpc) is 2.67. The Morgan fingerprint density at radius 3 is 2.32 bits per heavy atom. The van der Waals surface area contributed by atoms with Gasteiger partial charge in [0.2, 0.25) is 0 Å². The third-order valence-corrected chi connectivity index (χ3v) is 4.27. The number of anilines is 1. The molecule has 1 N–H and O–H groups in total. The minimum Gasteiger partial charge on any atom is -0.462 e. The zero-order valence-corrected chi connectivity index (χ0v) is 16.1. The monoisotopic (exact) mass is 384 g/mol. The van der Waals surface area contributed by atoms with Gasteiger partial charge in [0.05, 0.1) is 17.1 Å². The molecule has 0 unspecified atom stereocenters. The zero-order valence-electron chi connectivity index (χ0n) is 16.1. The van der Waals surface area contributed by atoms with Gasteiger partial charge in [-0.25, -0.2) is 4.79 Å². The number of nitro benzene ring substituents is 1. The number of ether oxygens (including phenoxy) is 1. The molecule has 2 aromatic rings. The molecule has 7 nitrogen and oxygen atoms in total. The van der Waals surface area contributed by atoms with Crippen LogP contribution in [0.25, 0.3) is 0 Å². The van der Waals surface area contributed by atoms with Crippen LogP contribution in [0.15, 0.2) is 42.5 Å². The fraction of sp³-hybridized carbons (Fsp3) is 0.333. The molecule has 0 saturated carbocycles. The Balaban J connectivity index is 1.93. The van der Waals surface area contributed by atoms with Gasteiger partial charge >= 0.3 is 5.97 Å². The van der Waals surface area contributed by atoms with Gasteiger partial charge in [-0.15, -0.1) is 0 Å². The molecular formula is C21H24N2O5. The molecule has 148 valence electrons. The molecule has 0 aromatic heterocycles. The van der Waals surface area contributed by atoms with E-state index < -0.39 is 4.92 Å². The number of esters is 1. The van der Waals surface area contributed by atoms with E-state index in [1.165, 1.54) is 18.2 Å². The van der Waals surface area contributed by atoms with E-state index in [4.69, 9.17) is 4.74 Å². The highest BCUT2D eigenvalue weighted by atomic mass is 16.6. The molecule has 0 saturated heterocycles. The minimum atomic E-state index is -0.487. The summed E-state index contributed by atoms with van der Waals surface area (Å²) in [4.78, 5) is 34.7. The third kappa shape index (κ3) is 5.90. The molecule has 0 atom stereocenters. The molecule has 0 bridgehead atoms. The molecular weight excluding hydrogens is 360 g/mol. The number of carbonyl (C=O) groups is 2. The van der Waals surface area contributed by atoms with Crippen LogP contribution >= 0.6 is 0 Å². The first kappa shape index (κ1) is 21.1. The Morgan fingerprint density at radius 1 is 1.04 bits per heavy atom. The molecule has 0 aliphatic rings. The summed E-state index contributed by atoms with van der Waals surface area (Å²) >= 11 is 0. The third-order valence-electron chi connectivity index (χ3n) is 4.27. The first-order valence-electron chi connectivity index (χ1n) is 9.26. The summed E-state index contributed by atoms with van der Waals surface area (Å²) in [6.07, 6.45) is 4.14. The Bertz CT molecular complexity index is 846. The Hall–Kier alpha value is -3.22. The van der Waals surface area contributed by atoms with Gasteiger partial charge < -0.3 is 10.1 Å². The van der Waals surface area contributed by atoms with Crippen molar-refractivity contribution in [3.05, 3.63) is 69.3 Å². The number of nitrogens with zero attached hydrogens (tertiary/aromatic N) is 1. The quantitative estimate of drug-likeness (QED) is 0.287. The lowest BCUT2D eigenvalue weighted by molar-refractivity contribution is -0.385. The Morgan fingerprint density at radius 2 is 1.71 bits per heavy atom. The maximum absolute atomic E-state index is 12.3. The van der Waals surface area contributed by atoms with Crippen molar-refractivity contribution in [3.8, 4) is 0 Å². The number of hydrogen-bond acceptors (Lipinski definition) is 5. The predicted molar refractivity (Wildman–Crippen MR) is 107 cm³/mol. The van der Waals surface area contributed by atoms with E-state index in [-0.39, 0.29) is 17.6 Å². The predicted octanol–water partition coefficient (Wildman–Crippen LogP) is 4.89. The summed E-state index contributed by atoms with van der Waals surface area (Å²) in [6, 6.07) is 10.6. The fourth-order valence-corrected chi connectivity index (χ4v) is 2.67. The Kier molecular flexibility index (Phi) is 7.68. The largest absolute Gasteiger partial charge is 0.462 e. The standard InChI is InChI=1S/C21H24N2O5/c1-3-4-5-6-13-28-21(25)16-7-10-18(11-8-16)22-20(24)17-9-12-19(23(26)27)15(2)14-17/h7-12,14H,3-6,13H2,1-2H3,(H,22,24). The highest BCUT2D eigenvalue weighted by molar-refractivity contribution is 6.04. The number of nitro groups is 1. The molecule has 0 aliphatic carbocycles. The van der Waals surface area contributed by atoms with Crippen molar-refractivity contribution in [1.82, 2.24) is 0 Å². The van der Waals surface area contributed by atoms with Crippen LogP contribution in [-0.4, -0.2) is 23.4 Å². The van der Waals surface area contributed by atoms with Crippen LogP contribution in [0.2, 0.25) is 0 Å². The number of aryl methyl sites for hydroxylation is 1. The minimum absolute atomic E-state index is 0.0332. The van der Waals surface area contributed by atoms with Crippen molar-refractivity contribution >= 4 is 23.3 Å². The number of unbranched alkanes of at least 4 members (excludes halogenated alkanes) is 3. The lowest BCUT2D eigenvalue weighted by Gasteiger charge is -2.08. The van der Waals surface area contributed by atoms with Gasteiger partial charge in [0.25, 0.3) is 11.6 Å². The zero-order chi connectivity index (χ0) is 20.5. The van der Waals surface area contributed by atoms with Crippen LogP contribution in [0.1, 0.15) is 58.9 Å². The Labute approximate surface area is 163 Å². The number of carbonyl (C=O) groups excluding carboxylic acids is 2. The molecule has 7 heteroatoms. The summed E-state index contributed by atoms with van der Waals surface area (Å²) in [5, 5.41) is 13.6. The second-order valence-corrected chi connectivity index (χ2v) is 6.49. The first-order chi connectivity index (χ1) is 13.4. The van der Waals surface area contributed by atoms with Crippen LogP contribution in [0.4, 0.5) is 11.4 Å². The van der Waals surface area contributed by atoms with E-state index >= 15 is 0 Å². The van der Waals surface area contributed by atoms with E-state index in [2.05, 4.69) is 12.2 Å². The van der Waals surface area contributed by atoms with Crippen molar-refractivity contribution < 1.29 is 19.2 Å². The van der Waals surface area contributed by atoms with Crippen LogP contribution < -0.4 is 5.32 Å². The maximum atomic E-state index is 12.3. The van der Waals surface area contributed by atoms with Crippen LogP contribution in [0.3, 0.4) is 0 Å². The smallest absolute Gasteiger partial charge is 0.338 e. The van der Waals surface area contributed by atoms with Crippen molar-refractivity contribution in [2.75, 3.05) is 11.9 Å². The molecule has 28 heavy (non-hydrogen) atoms. The van der Waals surface area contributed by atoms with Gasteiger partial charge in [0.15, 0.2) is 0 Å². The number of nitrogens with one attached hydrogen (secondary N) is 1. The van der Waals surface area contributed by atoms with Gasteiger partial charge in [0.1, 0.15) is 0 Å². The number of rotatable bonds is 9. The molecule has 0 fully saturated rings. The fourth-order valence-electron chi connectivity index (χ4n) is 2.67. The lowest BCUT2D eigenvalue weighted by atomic mass is 10.1. The van der Waals surface area contributed by atoms with Crippen LogP contribution in [0, 0.1) is 17.0 Å². The van der Waals surface area contributed by atoms with Gasteiger partial charge in [-0.3, -0.25) is 14.9 Å². The normalized spacial score (nSPS) is 10.4. The van der Waals surface area contributed by atoms with E-state index in [0.717, 1.165) is 25.7 Å². The SMILES string of the molecule is CCCCCCOC(=O)c1ccc(NC(=O)c2ccc([N+](=O)[O-])c(C)c2)cc1. The molecule has 0 spiro atoms. The summed E-state index contributed by atoms with van der Waals surface area (Å²) in [5.74, 6) is -0.774. The molecule has 2 aromatic carbocycles. The lowest BCUT2D eigenvalue weighted by Crippen LogP contribution is -2.12. The van der Waals surface area contributed by atoms with Gasteiger partial charge in [-0.05, 0) is 49.7 Å². The average molecular weight is 384 g/mol. The van der Waals surface area contributed by atoms with E-state index in [1.807, 2.05) is 0 Å². The topological polar surface area (TPSA) is 98.5 Å². The number of amides is 1. The summed E-state index contributed by atoms with van der Waals surface area (Å²) in [5.41, 5.74) is 1.63. The van der Waals surface area contributed by atoms with Crippen molar-refractivity contribution in [1.29, 1.82) is 0 Å². The molecule has 1 amide bonds. The second-order valence-electron chi connectivity index (χ2n) is 6.49. The van der Waals surface area contributed by atoms with Gasteiger partial charge in [0, 0.05) is 22.9 Å². The highest BCUT2D eigenvalue weighted by Crippen LogP contribution is 2.20. The summed E-state index contributed by atoms with van der Waals surface area (Å²) in [7, 11) is 0. The first-order valence-corrected chi connectivity index (χ1v) is 9.26. The van der Waals surface area contributed by atoms with E-state index in [1.54, 1.807) is 31.2 Å². The van der Waals surface area contributed by atoms with E-state index in [0.29, 0.717) is 29.0 Å². The number of benzene rings is 2. The van der Waals surface area contributed by atoms with Gasteiger partial charge in [-0.2, -0.15) is 0 Å². The van der Waals surface area contributed by atoms with Crippen molar-refractivity contribution in [2.24, 2.45) is 0 Å². The molecule has 0 heterocycles. The van der Waals surface area contributed by atoms with Crippen molar-refractivity contribution in [3.63, 3.8) is 0 Å². The second kappa shape index (κ2) is 10.2. The molecule has 2 rings (SSSR count). The summed E-state index contributed by atoms with van der Waals surface area (Å²) in [6.45, 7) is 4.10. The maximum Gasteiger partial charge on any atom is 0.338 e. The number of hydrogen-bond donors (Lipinski definition) is 1. The van der Waals surface area contributed by atoms with Crippen LogP contribution in [-0.2, 0) is 4.74 Å². The summed E-state index contributed by atoms with van der Waals surface area (Å²) < 4.78 is 5.23. The van der Waals surface area contributed by atoms with E-state index in [9.17, 15) is 19.7 Å². The van der Waals surface area contributed by atoms with Crippen LogP contribution in [0.5, 0.6) is 0 Å². The molecule has 0 radical (unpaired) electrons. The highest BCUT2D eigenvalue weighted by Gasteiger charge is 2.14. The molecule has 0 aliphatic heterocycles. The van der Waals surface area contributed by atoms with Crippen molar-refractivity contribution in [2.45, 2.75) is 39.5 Å².